The van der Waals surface area contributed by atoms with E-state index in [2.05, 4.69) is 10.2 Å². The predicted molar refractivity (Wildman–Crippen MR) is 115 cm³/mol. The van der Waals surface area contributed by atoms with E-state index in [1.165, 1.54) is 0 Å². The summed E-state index contributed by atoms with van der Waals surface area (Å²) in [4.78, 5) is 16.8. The summed E-state index contributed by atoms with van der Waals surface area (Å²) in [7, 11) is 4.84. The Morgan fingerprint density at radius 3 is 2.17 bits per heavy atom. The Balaban J connectivity index is 0.00000210. The van der Waals surface area contributed by atoms with Gasteiger partial charge in [0.1, 0.15) is 6.10 Å². The number of morpholine rings is 1. The second-order valence-corrected chi connectivity index (χ2v) is 6.70. The number of hydrogen-bond acceptors (Lipinski definition) is 7. The van der Waals surface area contributed by atoms with Crippen LogP contribution < -0.4 is 19.5 Å². The quantitative estimate of drug-likeness (QED) is 0.695. The van der Waals surface area contributed by atoms with Crippen molar-refractivity contribution in [2.75, 3.05) is 67.2 Å². The lowest BCUT2D eigenvalue weighted by atomic mass is 10.1. The molecule has 0 bridgehead atoms. The van der Waals surface area contributed by atoms with Gasteiger partial charge < -0.3 is 29.2 Å². The molecule has 2 saturated heterocycles. The monoisotopic (exact) mass is 451 g/mol. The van der Waals surface area contributed by atoms with Crippen molar-refractivity contribution in [2.45, 2.75) is 12.6 Å². The maximum absolute atomic E-state index is 12.6. The number of piperazine rings is 1. The summed E-state index contributed by atoms with van der Waals surface area (Å²) in [6.07, 6.45) is -0.347. The van der Waals surface area contributed by atoms with Crippen molar-refractivity contribution in [2.24, 2.45) is 0 Å². The fourth-order valence-corrected chi connectivity index (χ4v) is 3.54. The summed E-state index contributed by atoms with van der Waals surface area (Å²) in [6.45, 7) is 5.84. The van der Waals surface area contributed by atoms with Crippen molar-refractivity contribution in [1.29, 1.82) is 0 Å². The third kappa shape index (κ3) is 6.26. The zero-order valence-electron chi connectivity index (χ0n) is 17.1. The van der Waals surface area contributed by atoms with E-state index in [1.807, 2.05) is 17.0 Å². The molecule has 0 spiro atoms. The molecule has 2 aliphatic rings. The largest absolute Gasteiger partial charge is 0.493 e. The van der Waals surface area contributed by atoms with Gasteiger partial charge in [-0.3, -0.25) is 9.69 Å². The molecule has 10 heteroatoms. The molecular formula is C19H31Cl2N3O5. The average Bonchev–Trinajstić information content (AvgIpc) is 2.73. The third-order valence-corrected chi connectivity index (χ3v) is 5.02. The van der Waals surface area contributed by atoms with Crippen molar-refractivity contribution in [3.05, 3.63) is 17.7 Å². The first kappa shape index (κ1) is 25.6. The fourth-order valence-electron chi connectivity index (χ4n) is 3.54. The molecule has 0 aliphatic carbocycles. The second kappa shape index (κ2) is 12.3. The molecule has 1 amide bonds. The molecule has 29 heavy (non-hydrogen) atoms. The highest BCUT2D eigenvalue weighted by molar-refractivity contribution is 5.85. The zero-order chi connectivity index (χ0) is 19.2. The highest BCUT2D eigenvalue weighted by Crippen LogP contribution is 2.38. The fraction of sp³-hybridized carbons (Fsp3) is 0.632. The highest BCUT2D eigenvalue weighted by atomic mass is 35.5. The molecule has 166 valence electrons. The van der Waals surface area contributed by atoms with Gasteiger partial charge in [-0.1, -0.05) is 0 Å². The Morgan fingerprint density at radius 2 is 1.69 bits per heavy atom. The van der Waals surface area contributed by atoms with E-state index in [9.17, 15) is 4.79 Å². The van der Waals surface area contributed by atoms with Crippen LogP contribution in [-0.2, 0) is 16.1 Å². The minimum atomic E-state index is -0.347. The van der Waals surface area contributed by atoms with Gasteiger partial charge in [0.05, 0.1) is 27.9 Å². The Bertz CT molecular complexity index is 626. The summed E-state index contributed by atoms with van der Waals surface area (Å²) < 4.78 is 21.8. The summed E-state index contributed by atoms with van der Waals surface area (Å²) in [5.41, 5.74) is 1.09. The van der Waals surface area contributed by atoms with Gasteiger partial charge in [0.25, 0.3) is 5.91 Å². The zero-order valence-corrected chi connectivity index (χ0v) is 18.8. The Kier molecular flexibility index (Phi) is 10.8. The minimum Gasteiger partial charge on any atom is -0.493 e. The normalized spacial score (nSPS) is 19.6. The minimum absolute atomic E-state index is 0. The molecule has 1 aromatic rings. The number of amides is 1. The number of nitrogens with one attached hydrogen (secondary N) is 1. The van der Waals surface area contributed by atoms with Crippen LogP contribution in [0.2, 0.25) is 0 Å². The molecule has 2 aliphatic heterocycles. The number of halogens is 2. The van der Waals surface area contributed by atoms with Gasteiger partial charge in [0.2, 0.25) is 5.75 Å². The van der Waals surface area contributed by atoms with E-state index in [4.69, 9.17) is 18.9 Å². The standard InChI is InChI=1S/C19H29N3O5.2ClH/c1-24-15-10-14(11-16(25-2)18(15)26-3)13-21-5-7-22(8-6-21)19(23)17-12-20-4-9-27-17;;/h10-11,17,20H,4-9,12-13H2,1-3H3;2*1H. The first-order chi connectivity index (χ1) is 13.2. The van der Waals surface area contributed by atoms with Crippen LogP contribution in [0.1, 0.15) is 5.56 Å². The van der Waals surface area contributed by atoms with Crippen molar-refractivity contribution in [3.8, 4) is 17.2 Å². The summed E-state index contributed by atoms with van der Waals surface area (Å²) in [5, 5.41) is 3.21. The van der Waals surface area contributed by atoms with E-state index < -0.39 is 0 Å². The molecule has 2 heterocycles. The number of nitrogens with zero attached hydrogens (tertiary/aromatic N) is 2. The van der Waals surface area contributed by atoms with Crippen LogP contribution in [0.25, 0.3) is 0 Å². The molecule has 0 radical (unpaired) electrons. The lowest BCUT2D eigenvalue weighted by Gasteiger charge is -2.37. The molecule has 0 saturated carbocycles. The number of rotatable bonds is 6. The van der Waals surface area contributed by atoms with E-state index in [0.29, 0.717) is 43.5 Å². The Hall–Kier alpha value is -1.45. The smallest absolute Gasteiger partial charge is 0.253 e. The Morgan fingerprint density at radius 1 is 1.07 bits per heavy atom. The second-order valence-electron chi connectivity index (χ2n) is 6.70. The molecule has 8 nitrogen and oxygen atoms in total. The van der Waals surface area contributed by atoms with E-state index in [-0.39, 0.29) is 36.8 Å². The van der Waals surface area contributed by atoms with Gasteiger partial charge in [0.15, 0.2) is 11.5 Å². The molecule has 1 N–H and O–H groups in total. The number of carbonyl (C=O) groups is 1. The predicted octanol–water partition coefficient (Wildman–Crippen LogP) is 1.19. The number of methoxy groups -OCH3 is 3. The maximum atomic E-state index is 12.6. The number of hydrogen-bond donors (Lipinski definition) is 1. The molecule has 1 atom stereocenters. The lowest BCUT2D eigenvalue weighted by molar-refractivity contribution is -0.147. The van der Waals surface area contributed by atoms with E-state index in [1.54, 1.807) is 21.3 Å². The van der Waals surface area contributed by atoms with Crippen LogP contribution in [0.3, 0.4) is 0 Å². The highest BCUT2D eigenvalue weighted by Gasteiger charge is 2.29. The van der Waals surface area contributed by atoms with Crippen LogP contribution >= 0.6 is 24.8 Å². The van der Waals surface area contributed by atoms with Crippen LogP contribution in [0.15, 0.2) is 12.1 Å². The topological polar surface area (TPSA) is 72.5 Å². The molecule has 1 aromatic carbocycles. The van der Waals surface area contributed by atoms with Crippen LogP contribution in [0.5, 0.6) is 17.2 Å². The molecule has 1 unspecified atom stereocenters. The van der Waals surface area contributed by atoms with Gasteiger partial charge in [-0.05, 0) is 17.7 Å². The van der Waals surface area contributed by atoms with E-state index >= 15 is 0 Å². The van der Waals surface area contributed by atoms with Crippen molar-refractivity contribution >= 4 is 30.7 Å². The number of ether oxygens (including phenoxy) is 4. The third-order valence-electron chi connectivity index (χ3n) is 5.02. The molecule has 3 rings (SSSR count). The van der Waals surface area contributed by atoms with Crippen molar-refractivity contribution in [1.82, 2.24) is 15.1 Å². The van der Waals surface area contributed by atoms with Crippen LogP contribution in [0.4, 0.5) is 0 Å². The summed E-state index contributed by atoms with van der Waals surface area (Å²) >= 11 is 0. The SMILES string of the molecule is COc1cc(CN2CCN(C(=O)C3CNCCO3)CC2)cc(OC)c1OC.Cl.Cl. The Labute approximate surface area is 184 Å². The molecule has 0 aromatic heterocycles. The van der Waals surface area contributed by atoms with E-state index in [0.717, 1.165) is 31.7 Å². The van der Waals surface area contributed by atoms with Crippen LogP contribution in [-0.4, -0.2) is 89.0 Å². The summed E-state index contributed by atoms with van der Waals surface area (Å²) in [5.74, 6) is 2.00. The van der Waals surface area contributed by atoms with Gasteiger partial charge in [-0.15, -0.1) is 24.8 Å². The van der Waals surface area contributed by atoms with Gasteiger partial charge in [-0.25, -0.2) is 0 Å². The number of carbonyl (C=O) groups excluding carboxylic acids is 1. The first-order valence-corrected chi connectivity index (χ1v) is 9.28. The van der Waals surface area contributed by atoms with Gasteiger partial charge >= 0.3 is 0 Å². The average molecular weight is 452 g/mol. The van der Waals surface area contributed by atoms with Crippen LogP contribution in [0, 0.1) is 0 Å². The van der Waals surface area contributed by atoms with Crippen molar-refractivity contribution in [3.63, 3.8) is 0 Å². The lowest BCUT2D eigenvalue weighted by Crippen LogP contribution is -2.54. The first-order valence-electron chi connectivity index (χ1n) is 9.28. The van der Waals surface area contributed by atoms with Gasteiger partial charge in [0, 0.05) is 45.8 Å². The number of benzene rings is 1. The van der Waals surface area contributed by atoms with Crippen molar-refractivity contribution < 1.29 is 23.7 Å². The summed E-state index contributed by atoms with van der Waals surface area (Å²) in [6, 6.07) is 3.95. The molecular weight excluding hydrogens is 421 g/mol. The van der Waals surface area contributed by atoms with Gasteiger partial charge in [-0.2, -0.15) is 0 Å². The molecule has 2 fully saturated rings. The maximum Gasteiger partial charge on any atom is 0.253 e.